The van der Waals surface area contributed by atoms with Crippen LogP contribution in [0.15, 0.2) is 12.4 Å². The first-order chi connectivity index (χ1) is 9.76. The SMILES string of the molecule is C#CC1(n2cc(F)cn2)CCN(C(=O)OC(C)(C)C)CC1. The van der Waals surface area contributed by atoms with E-state index in [0.717, 1.165) is 6.20 Å². The van der Waals surface area contributed by atoms with Gasteiger partial charge in [0.15, 0.2) is 5.82 Å². The summed E-state index contributed by atoms with van der Waals surface area (Å²) in [7, 11) is 0. The average Bonchev–Trinajstić information content (AvgIpc) is 2.84. The minimum atomic E-state index is -0.678. The van der Waals surface area contributed by atoms with E-state index in [1.165, 1.54) is 10.9 Å². The Morgan fingerprint density at radius 2 is 2.10 bits per heavy atom. The molecule has 0 aliphatic carbocycles. The Bertz CT molecular complexity index is 560. The molecule has 1 aliphatic rings. The van der Waals surface area contributed by atoms with Crippen molar-refractivity contribution in [3.63, 3.8) is 0 Å². The van der Waals surface area contributed by atoms with Gasteiger partial charge in [0.1, 0.15) is 11.1 Å². The maximum Gasteiger partial charge on any atom is 0.410 e. The molecule has 0 bridgehead atoms. The second kappa shape index (κ2) is 5.40. The first-order valence-electron chi connectivity index (χ1n) is 6.92. The van der Waals surface area contributed by atoms with Gasteiger partial charge in [0.2, 0.25) is 0 Å². The first-order valence-corrected chi connectivity index (χ1v) is 6.92. The fourth-order valence-corrected chi connectivity index (χ4v) is 2.36. The summed E-state index contributed by atoms with van der Waals surface area (Å²) in [6, 6.07) is 0. The Kier molecular flexibility index (Phi) is 3.95. The number of nitrogens with zero attached hydrogens (tertiary/aromatic N) is 3. The van der Waals surface area contributed by atoms with Crippen molar-refractivity contribution in [3.05, 3.63) is 18.2 Å². The molecule has 114 valence electrons. The quantitative estimate of drug-likeness (QED) is 0.747. The molecular formula is C15H20FN3O2. The molecule has 1 aliphatic heterocycles. The topological polar surface area (TPSA) is 47.4 Å². The molecular weight excluding hydrogens is 273 g/mol. The normalized spacial score (nSPS) is 18.1. The molecule has 0 unspecified atom stereocenters. The zero-order valence-electron chi connectivity index (χ0n) is 12.6. The summed E-state index contributed by atoms with van der Waals surface area (Å²) in [5.74, 6) is 2.29. The molecule has 0 aromatic carbocycles. The van der Waals surface area contributed by atoms with Crippen LogP contribution < -0.4 is 0 Å². The number of rotatable bonds is 1. The molecule has 2 heterocycles. The maximum atomic E-state index is 13.1. The molecule has 1 fully saturated rings. The van der Waals surface area contributed by atoms with Gasteiger partial charge in [0.25, 0.3) is 0 Å². The molecule has 1 amide bonds. The van der Waals surface area contributed by atoms with Crippen molar-refractivity contribution in [2.24, 2.45) is 0 Å². The van der Waals surface area contributed by atoms with Gasteiger partial charge in [-0.25, -0.2) is 9.18 Å². The number of amides is 1. The van der Waals surface area contributed by atoms with Gasteiger partial charge in [-0.3, -0.25) is 4.68 Å². The van der Waals surface area contributed by atoms with Crippen LogP contribution in [0.1, 0.15) is 33.6 Å². The van der Waals surface area contributed by atoms with Gasteiger partial charge in [0, 0.05) is 25.9 Å². The van der Waals surface area contributed by atoms with E-state index >= 15 is 0 Å². The highest BCUT2D eigenvalue weighted by molar-refractivity contribution is 5.68. The maximum absolute atomic E-state index is 13.1. The van der Waals surface area contributed by atoms with E-state index in [-0.39, 0.29) is 6.09 Å². The Hall–Kier alpha value is -2.03. The fourth-order valence-electron chi connectivity index (χ4n) is 2.36. The lowest BCUT2D eigenvalue weighted by Gasteiger charge is -2.38. The van der Waals surface area contributed by atoms with Gasteiger partial charge in [0.05, 0.1) is 12.4 Å². The lowest BCUT2D eigenvalue weighted by molar-refractivity contribution is 0.0150. The van der Waals surface area contributed by atoms with Crippen LogP contribution in [0.4, 0.5) is 9.18 Å². The number of halogens is 1. The number of terminal acetylenes is 1. The van der Waals surface area contributed by atoms with Crippen LogP contribution in [0.2, 0.25) is 0 Å². The summed E-state index contributed by atoms with van der Waals surface area (Å²) in [6.07, 6.45) is 8.76. The summed E-state index contributed by atoms with van der Waals surface area (Å²) in [5.41, 5.74) is -1.20. The summed E-state index contributed by atoms with van der Waals surface area (Å²) < 4.78 is 20.0. The number of carbonyl (C=O) groups excluding carboxylic acids is 1. The molecule has 1 saturated heterocycles. The molecule has 0 N–H and O–H groups in total. The van der Waals surface area contributed by atoms with E-state index in [0.29, 0.717) is 25.9 Å². The van der Waals surface area contributed by atoms with E-state index < -0.39 is 17.0 Å². The average molecular weight is 293 g/mol. The van der Waals surface area contributed by atoms with Crippen molar-refractivity contribution < 1.29 is 13.9 Å². The van der Waals surface area contributed by atoms with Gasteiger partial charge in [-0.1, -0.05) is 5.92 Å². The third-order valence-electron chi connectivity index (χ3n) is 3.50. The zero-order valence-corrected chi connectivity index (χ0v) is 12.6. The van der Waals surface area contributed by atoms with Crippen molar-refractivity contribution >= 4 is 6.09 Å². The van der Waals surface area contributed by atoms with Gasteiger partial charge in [-0.05, 0) is 20.8 Å². The minimum Gasteiger partial charge on any atom is -0.444 e. The lowest BCUT2D eigenvalue weighted by Crippen LogP contribution is -2.48. The third-order valence-corrected chi connectivity index (χ3v) is 3.50. The molecule has 0 saturated carbocycles. The van der Waals surface area contributed by atoms with Crippen molar-refractivity contribution in [2.45, 2.75) is 44.8 Å². The highest BCUT2D eigenvalue weighted by atomic mass is 19.1. The summed E-state index contributed by atoms with van der Waals surface area (Å²) >= 11 is 0. The lowest BCUT2D eigenvalue weighted by atomic mass is 9.88. The highest BCUT2D eigenvalue weighted by Crippen LogP contribution is 2.29. The van der Waals surface area contributed by atoms with E-state index in [4.69, 9.17) is 11.2 Å². The molecule has 0 radical (unpaired) electrons. The second-order valence-electron chi connectivity index (χ2n) is 6.25. The standard InChI is InChI=1S/C15H20FN3O2/c1-5-15(19-11-12(16)10-17-19)6-8-18(9-7-15)13(20)21-14(2,3)4/h1,10-11H,6-9H2,2-4H3. The highest BCUT2D eigenvalue weighted by Gasteiger charge is 2.38. The van der Waals surface area contributed by atoms with E-state index in [9.17, 15) is 9.18 Å². The van der Waals surface area contributed by atoms with E-state index in [2.05, 4.69) is 11.0 Å². The first kappa shape index (κ1) is 15.4. The van der Waals surface area contributed by atoms with Crippen LogP contribution in [-0.2, 0) is 10.3 Å². The van der Waals surface area contributed by atoms with Crippen molar-refractivity contribution in [3.8, 4) is 12.3 Å². The third kappa shape index (κ3) is 3.35. The van der Waals surface area contributed by atoms with Crippen molar-refractivity contribution in [2.75, 3.05) is 13.1 Å². The van der Waals surface area contributed by atoms with Crippen LogP contribution >= 0.6 is 0 Å². The summed E-state index contributed by atoms with van der Waals surface area (Å²) in [6.45, 7) is 6.40. The van der Waals surface area contributed by atoms with Gasteiger partial charge >= 0.3 is 6.09 Å². The largest absolute Gasteiger partial charge is 0.444 e. The number of carbonyl (C=O) groups is 1. The smallest absolute Gasteiger partial charge is 0.410 e. The summed E-state index contributed by atoms with van der Waals surface area (Å²) in [4.78, 5) is 13.6. The molecule has 1 aromatic heterocycles. The minimum absolute atomic E-state index is 0.347. The van der Waals surface area contributed by atoms with Crippen LogP contribution in [-0.4, -0.2) is 39.5 Å². The zero-order chi connectivity index (χ0) is 15.7. The second-order valence-corrected chi connectivity index (χ2v) is 6.25. The number of ether oxygens (including phenoxy) is 1. The van der Waals surface area contributed by atoms with Gasteiger partial charge in [-0.15, -0.1) is 6.42 Å². The van der Waals surface area contributed by atoms with Crippen LogP contribution in [0.3, 0.4) is 0 Å². The molecule has 21 heavy (non-hydrogen) atoms. The van der Waals surface area contributed by atoms with Crippen LogP contribution in [0, 0.1) is 18.2 Å². The van der Waals surface area contributed by atoms with E-state index in [1.807, 2.05) is 20.8 Å². The van der Waals surface area contributed by atoms with Gasteiger partial charge in [-0.2, -0.15) is 5.10 Å². The predicted molar refractivity (Wildman–Crippen MR) is 76.0 cm³/mol. The number of hydrogen-bond donors (Lipinski definition) is 0. The Morgan fingerprint density at radius 1 is 1.48 bits per heavy atom. The van der Waals surface area contributed by atoms with Crippen LogP contribution in [0.5, 0.6) is 0 Å². The van der Waals surface area contributed by atoms with Crippen molar-refractivity contribution in [1.29, 1.82) is 0 Å². The molecule has 5 nitrogen and oxygen atoms in total. The monoisotopic (exact) mass is 293 g/mol. The summed E-state index contributed by atoms with van der Waals surface area (Å²) in [5, 5.41) is 3.98. The number of aromatic nitrogens is 2. The molecule has 0 atom stereocenters. The number of hydrogen-bond acceptors (Lipinski definition) is 3. The number of likely N-dealkylation sites (tertiary alicyclic amines) is 1. The number of piperidine rings is 1. The molecule has 2 rings (SSSR count). The van der Waals surface area contributed by atoms with Crippen LogP contribution in [0.25, 0.3) is 0 Å². The Labute approximate surface area is 124 Å². The Balaban J connectivity index is 2.05. The molecule has 6 heteroatoms. The predicted octanol–water partition coefficient (Wildman–Crippen LogP) is 2.38. The molecule has 1 aromatic rings. The Morgan fingerprint density at radius 3 is 2.52 bits per heavy atom. The van der Waals surface area contributed by atoms with E-state index in [1.54, 1.807) is 4.90 Å². The fraction of sp³-hybridized carbons (Fsp3) is 0.600. The van der Waals surface area contributed by atoms with Gasteiger partial charge < -0.3 is 9.64 Å². The van der Waals surface area contributed by atoms with Crippen molar-refractivity contribution in [1.82, 2.24) is 14.7 Å². The molecule has 0 spiro atoms.